The van der Waals surface area contributed by atoms with E-state index in [-0.39, 0.29) is 14.7 Å². The summed E-state index contributed by atoms with van der Waals surface area (Å²) in [5, 5.41) is 0. The third kappa shape index (κ3) is 3.43. The molecule has 0 spiro atoms. The number of aromatic nitrogens is 2. The van der Waals surface area contributed by atoms with E-state index in [1.54, 1.807) is 23.5 Å². The van der Waals surface area contributed by atoms with E-state index in [2.05, 4.69) is 65.0 Å². The predicted molar refractivity (Wildman–Crippen MR) is 93.4 cm³/mol. The van der Waals surface area contributed by atoms with Crippen LogP contribution in [0, 0.1) is 0 Å². The van der Waals surface area contributed by atoms with Crippen LogP contribution in [-0.2, 0) is 0 Å². The minimum absolute atomic E-state index is 0.0778. The Morgan fingerprint density at radius 3 is 1.81 bits per heavy atom. The van der Waals surface area contributed by atoms with Crippen LogP contribution in [0.25, 0.3) is 21.5 Å². The quantitative estimate of drug-likeness (QED) is 0.500. The van der Waals surface area contributed by atoms with E-state index in [1.165, 1.54) is 15.4 Å². The summed E-state index contributed by atoms with van der Waals surface area (Å²) in [6, 6.07) is 17.0. The number of hydrogen-bond donors (Lipinski definition) is 0. The van der Waals surface area contributed by atoms with Gasteiger partial charge in [-0.15, -0.1) is 0 Å². The Hall–Kier alpha value is -1.00. The van der Waals surface area contributed by atoms with Gasteiger partial charge in [0.05, 0.1) is 0 Å². The van der Waals surface area contributed by atoms with Gasteiger partial charge < -0.3 is 0 Å². The van der Waals surface area contributed by atoms with Gasteiger partial charge in [-0.3, -0.25) is 0 Å². The average Bonchev–Trinajstić information content (AvgIpc) is 3.05. The summed E-state index contributed by atoms with van der Waals surface area (Å²) in [6.07, 6.45) is 4.17. The van der Waals surface area contributed by atoms with E-state index in [0.29, 0.717) is 0 Å². The summed E-state index contributed by atoms with van der Waals surface area (Å²) >= 11 is 3.58. The van der Waals surface area contributed by atoms with Crippen LogP contribution in [0.3, 0.4) is 0 Å². The molecule has 0 saturated carbocycles. The molecule has 0 radical (unpaired) electrons. The van der Waals surface area contributed by atoms with Gasteiger partial charge in [-0.1, -0.05) is 0 Å². The molecule has 5 heteroatoms. The molecule has 0 unspecified atom stereocenters. The first-order valence-corrected chi connectivity index (χ1v) is 10.5. The zero-order valence-corrected chi connectivity index (χ0v) is 15.1. The van der Waals surface area contributed by atoms with E-state index < -0.39 is 0 Å². The molecule has 1 aromatic heterocycles. The molecule has 0 aliphatic rings. The molecule has 0 amide bonds. The monoisotopic (exact) mass is 378 g/mol. The molecule has 2 aromatic carbocycles. The Morgan fingerprint density at radius 1 is 0.762 bits per heavy atom. The van der Waals surface area contributed by atoms with Crippen molar-refractivity contribution in [2.75, 3.05) is 12.5 Å². The number of thioether (sulfide) groups is 2. The van der Waals surface area contributed by atoms with Crippen molar-refractivity contribution in [2.24, 2.45) is 0 Å². The Morgan fingerprint density at radius 2 is 1.29 bits per heavy atom. The van der Waals surface area contributed by atoms with E-state index in [0.717, 1.165) is 16.0 Å². The standard InChI is InChI=1S/C16H14N2S2Se/c1-19-13-7-3-11(4-8-13)15-17-16(21-18-15)12-5-9-14(20-2)10-6-12/h3-10H,1-2H3. The van der Waals surface area contributed by atoms with Crippen molar-refractivity contribution in [3.05, 3.63) is 48.5 Å². The molecule has 0 atom stereocenters. The van der Waals surface area contributed by atoms with Gasteiger partial charge >= 0.3 is 140 Å². The van der Waals surface area contributed by atoms with Gasteiger partial charge in [-0.2, -0.15) is 0 Å². The van der Waals surface area contributed by atoms with Gasteiger partial charge in [-0.05, 0) is 0 Å². The molecule has 0 saturated heterocycles. The van der Waals surface area contributed by atoms with Crippen molar-refractivity contribution in [1.82, 2.24) is 8.96 Å². The number of nitrogens with zero attached hydrogens (tertiary/aromatic N) is 2. The molecular weight excluding hydrogens is 363 g/mol. The molecule has 2 nitrogen and oxygen atoms in total. The molecule has 1 heterocycles. The molecule has 0 aliphatic heterocycles. The van der Waals surface area contributed by atoms with Crippen LogP contribution in [0.4, 0.5) is 0 Å². The SMILES string of the molecule is CSc1ccc(-c2n[se]c(-c3ccc(SC)cc3)n2)cc1. The number of hydrogen-bond acceptors (Lipinski definition) is 4. The van der Waals surface area contributed by atoms with Crippen molar-refractivity contribution >= 4 is 38.3 Å². The predicted octanol–water partition coefficient (Wildman–Crippen LogP) is 4.31. The molecule has 21 heavy (non-hydrogen) atoms. The fourth-order valence-corrected chi connectivity index (χ4v) is 4.19. The number of benzene rings is 2. The summed E-state index contributed by atoms with van der Waals surface area (Å²) in [5.41, 5.74) is 2.29. The van der Waals surface area contributed by atoms with Gasteiger partial charge in [0.1, 0.15) is 0 Å². The van der Waals surface area contributed by atoms with Crippen molar-refractivity contribution in [3.8, 4) is 21.5 Å². The van der Waals surface area contributed by atoms with E-state index >= 15 is 0 Å². The van der Waals surface area contributed by atoms with Gasteiger partial charge in [0, 0.05) is 0 Å². The van der Waals surface area contributed by atoms with Crippen molar-refractivity contribution in [1.29, 1.82) is 0 Å². The maximum absolute atomic E-state index is 4.72. The van der Waals surface area contributed by atoms with E-state index in [9.17, 15) is 0 Å². The van der Waals surface area contributed by atoms with E-state index in [1.807, 2.05) is 0 Å². The van der Waals surface area contributed by atoms with Crippen molar-refractivity contribution in [3.63, 3.8) is 0 Å². The second-order valence-electron chi connectivity index (χ2n) is 4.38. The van der Waals surface area contributed by atoms with Crippen LogP contribution < -0.4 is 0 Å². The molecular formula is C16H14N2S2Se. The Balaban J connectivity index is 1.87. The Kier molecular flexibility index (Phi) is 4.86. The summed E-state index contributed by atoms with van der Waals surface area (Å²) < 4.78 is 5.74. The first-order valence-electron chi connectivity index (χ1n) is 6.42. The minimum atomic E-state index is 0.0778. The molecule has 3 aromatic rings. The second-order valence-corrected chi connectivity index (χ2v) is 7.72. The second kappa shape index (κ2) is 6.84. The van der Waals surface area contributed by atoms with E-state index in [4.69, 9.17) is 4.98 Å². The molecule has 3 rings (SSSR count). The third-order valence-corrected chi connectivity index (χ3v) is 6.20. The summed E-state index contributed by atoms with van der Waals surface area (Å²) in [6.45, 7) is 0. The first kappa shape index (κ1) is 14.9. The Labute approximate surface area is 139 Å². The van der Waals surface area contributed by atoms with Gasteiger partial charge in [0.15, 0.2) is 0 Å². The summed E-state index contributed by atoms with van der Waals surface area (Å²) in [4.78, 5) is 7.26. The van der Waals surface area contributed by atoms with Crippen LogP contribution in [0.5, 0.6) is 0 Å². The van der Waals surface area contributed by atoms with Crippen LogP contribution in [0.15, 0.2) is 58.3 Å². The third-order valence-electron chi connectivity index (χ3n) is 3.11. The topological polar surface area (TPSA) is 25.8 Å². The van der Waals surface area contributed by atoms with Crippen molar-refractivity contribution < 1.29 is 0 Å². The van der Waals surface area contributed by atoms with Crippen LogP contribution in [-0.4, -0.2) is 36.2 Å². The van der Waals surface area contributed by atoms with Gasteiger partial charge in [0.25, 0.3) is 0 Å². The van der Waals surface area contributed by atoms with Crippen LogP contribution in [0.2, 0.25) is 0 Å². The van der Waals surface area contributed by atoms with Crippen molar-refractivity contribution in [2.45, 2.75) is 9.79 Å². The molecule has 0 N–H and O–H groups in total. The Bertz CT molecular complexity index is 659. The van der Waals surface area contributed by atoms with Gasteiger partial charge in [0.2, 0.25) is 0 Å². The zero-order valence-electron chi connectivity index (χ0n) is 11.7. The average molecular weight is 377 g/mol. The first-order chi connectivity index (χ1) is 10.3. The molecule has 0 aliphatic carbocycles. The molecule has 106 valence electrons. The fraction of sp³-hybridized carbons (Fsp3) is 0.125. The maximum atomic E-state index is 4.72. The van der Waals surface area contributed by atoms with Crippen LogP contribution >= 0.6 is 23.5 Å². The molecule has 0 bridgehead atoms. The summed E-state index contributed by atoms with van der Waals surface area (Å²) in [5.74, 6) is 0.867. The summed E-state index contributed by atoms with van der Waals surface area (Å²) in [7, 11) is 0. The molecule has 0 fully saturated rings. The number of rotatable bonds is 4. The van der Waals surface area contributed by atoms with Crippen LogP contribution in [0.1, 0.15) is 0 Å². The normalized spacial score (nSPS) is 10.8. The van der Waals surface area contributed by atoms with Gasteiger partial charge in [-0.25, -0.2) is 0 Å². The zero-order chi connectivity index (χ0) is 14.7. The fourth-order valence-electron chi connectivity index (χ4n) is 1.93.